The van der Waals surface area contributed by atoms with E-state index in [0.29, 0.717) is 16.8 Å². The van der Waals surface area contributed by atoms with Crippen LogP contribution in [0.5, 0.6) is 0 Å². The molecule has 0 amide bonds. The summed E-state index contributed by atoms with van der Waals surface area (Å²) in [6, 6.07) is 3.50. The quantitative estimate of drug-likeness (QED) is 0.742. The number of aromatic amines is 1. The van der Waals surface area contributed by atoms with Crippen LogP contribution in [-0.2, 0) is 0 Å². The number of aromatic nitrogens is 4. The molecule has 2 N–H and O–H groups in total. The van der Waals surface area contributed by atoms with Gasteiger partial charge in [0, 0.05) is 17.8 Å². The Morgan fingerprint density at radius 1 is 1.29 bits per heavy atom. The molecule has 14 heavy (non-hydrogen) atoms. The highest BCUT2D eigenvalue weighted by atomic mass is 35.5. The van der Waals surface area contributed by atoms with Crippen LogP contribution in [0, 0.1) is 6.92 Å². The van der Waals surface area contributed by atoms with Crippen LogP contribution >= 0.6 is 11.6 Å². The molecule has 0 spiro atoms. The van der Waals surface area contributed by atoms with Gasteiger partial charge in [-0.3, -0.25) is 5.10 Å². The molecular formula is C8H8ClN5. The second kappa shape index (κ2) is 3.63. The van der Waals surface area contributed by atoms with Crippen LogP contribution in [0.15, 0.2) is 18.5 Å². The fourth-order valence-electron chi connectivity index (χ4n) is 1.02. The first-order valence-corrected chi connectivity index (χ1v) is 4.38. The Labute approximate surface area is 85.5 Å². The van der Waals surface area contributed by atoms with Gasteiger partial charge in [-0.1, -0.05) is 11.6 Å². The molecule has 72 valence electrons. The first-order valence-electron chi connectivity index (χ1n) is 4.00. The Balaban J connectivity index is 2.18. The average Bonchev–Trinajstić information content (AvgIpc) is 2.51. The van der Waals surface area contributed by atoms with E-state index in [1.54, 1.807) is 6.07 Å². The van der Waals surface area contributed by atoms with Crippen LogP contribution in [0.2, 0.25) is 5.15 Å². The maximum atomic E-state index is 5.70. The fourth-order valence-corrected chi connectivity index (χ4v) is 1.16. The number of H-pyrrole nitrogens is 1. The molecule has 0 saturated carbocycles. The highest BCUT2D eigenvalue weighted by Gasteiger charge is 1.99. The predicted molar refractivity (Wildman–Crippen MR) is 53.6 cm³/mol. The summed E-state index contributed by atoms with van der Waals surface area (Å²) in [6.45, 7) is 1.92. The smallest absolute Gasteiger partial charge is 0.153 e. The molecule has 6 heteroatoms. The lowest BCUT2D eigenvalue weighted by atomic mass is 10.4. The molecule has 5 nitrogen and oxygen atoms in total. The highest BCUT2D eigenvalue weighted by molar-refractivity contribution is 6.29. The predicted octanol–water partition coefficient (Wildman–Crippen LogP) is 1.91. The number of rotatable bonds is 2. The zero-order chi connectivity index (χ0) is 9.97. The maximum absolute atomic E-state index is 5.70. The van der Waals surface area contributed by atoms with Crippen molar-refractivity contribution in [1.82, 2.24) is 20.2 Å². The van der Waals surface area contributed by atoms with Gasteiger partial charge in [-0.15, -0.1) is 0 Å². The van der Waals surface area contributed by atoms with Gasteiger partial charge in [-0.25, -0.2) is 9.97 Å². The summed E-state index contributed by atoms with van der Waals surface area (Å²) in [4.78, 5) is 7.76. The van der Waals surface area contributed by atoms with Gasteiger partial charge in [0.25, 0.3) is 0 Å². The third-order valence-corrected chi connectivity index (χ3v) is 1.80. The van der Waals surface area contributed by atoms with E-state index in [-0.39, 0.29) is 0 Å². The second-order valence-corrected chi connectivity index (χ2v) is 3.17. The van der Waals surface area contributed by atoms with Crippen molar-refractivity contribution in [3.8, 4) is 0 Å². The van der Waals surface area contributed by atoms with Crippen LogP contribution in [0.4, 0.5) is 11.6 Å². The van der Waals surface area contributed by atoms with Crippen LogP contribution in [0.3, 0.4) is 0 Å². The Morgan fingerprint density at radius 3 is 2.79 bits per heavy atom. The number of nitrogens with one attached hydrogen (secondary N) is 2. The Hall–Kier alpha value is -1.62. The van der Waals surface area contributed by atoms with Crippen molar-refractivity contribution in [3.63, 3.8) is 0 Å². The first kappa shape index (κ1) is 8.96. The Bertz CT molecular complexity index is 439. The summed E-state index contributed by atoms with van der Waals surface area (Å²) in [5.41, 5.74) is 0.979. The zero-order valence-corrected chi connectivity index (χ0v) is 8.21. The lowest BCUT2D eigenvalue weighted by molar-refractivity contribution is 1.05. The topological polar surface area (TPSA) is 66.5 Å². The van der Waals surface area contributed by atoms with Gasteiger partial charge < -0.3 is 5.32 Å². The molecule has 2 aromatic heterocycles. The first-order chi connectivity index (χ1) is 6.74. The van der Waals surface area contributed by atoms with Crippen LogP contribution < -0.4 is 5.32 Å². The summed E-state index contributed by atoms with van der Waals surface area (Å²) in [7, 11) is 0. The van der Waals surface area contributed by atoms with Gasteiger partial charge in [0.05, 0.1) is 0 Å². The standard InChI is InChI=1S/C8H8ClN5/c1-5-2-8(14-13-5)12-7-3-6(9)10-4-11-7/h2-4H,1H3,(H2,10,11,12,13,14). The van der Waals surface area contributed by atoms with Gasteiger partial charge in [0.2, 0.25) is 0 Å². The third-order valence-electron chi connectivity index (χ3n) is 1.60. The Kier molecular flexibility index (Phi) is 2.32. The summed E-state index contributed by atoms with van der Waals surface area (Å²) in [6.07, 6.45) is 1.39. The molecule has 0 aliphatic heterocycles. The number of aryl methyl sites for hydroxylation is 1. The van der Waals surface area contributed by atoms with E-state index in [1.807, 2.05) is 13.0 Å². The molecule has 0 aliphatic carbocycles. The van der Waals surface area contributed by atoms with E-state index in [0.717, 1.165) is 5.69 Å². The molecule has 0 atom stereocenters. The van der Waals surface area contributed by atoms with Gasteiger partial charge in [-0.05, 0) is 6.92 Å². The molecule has 2 aromatic rings. The van der Waals surface area contributed by atoms with E-state index < -0.39 is 0 Å². The molecular weight excluding hydrogens is 202 g/mol. The summed E-state index contributed by atoms with van der Waals surface area (Å²) in [5, 5.41) is 10.2. The van der Waals surface area contributed by atoms with Crippen molar-refractivity contribution in [1.29, 1.82) is 0 Å². The van der Waals surface area contributed by atoms with E-state index >= 15 is 0 Å². The van der Waals surface area contributed by atoms with Crippen molar-refractivity contribution in [2.24, 2.45) is 0 Å². The minimum absolute atomic E-state index is 0.398. The lowest BCUT2D eigenvalue weighted by Crippen LogP contribution is -1.94. The molecule has 0 saturated heterocycles. The lowest BCUT2D eigenvalue weighted by Gasteiger charge is -1.99. The third kappa shape index (κ3) is 2.00. The van der Waals surface area contributed by atoms with Gasteiger partial charge >= 0.3 is 0 Å². The second-order valence-electron chi connectivity index (χ2n) is 2.79. The summed E-state index contributed by atoms with van der Waals surface area (Å²) >= 11 is 5.70. The largest absolute Gasteiger partial charge is 0.323 e. The van der Waals surface area contributed by atoms with Crippen molar-refractivity contribution in [2.45, 2.75) is 6.92 Å². The van der Waals surface area contributed by atoms with Crippen molar-refractivity contribution in [2.75, 3.05) is 5.32 Å². The van der Waals surface area contributed by atoms with Crippen molar-refractivity contribution < 1.29 is 0 Å². The molecule has 0 radical (unpaired) electrons. The van der Waals surface area contributed by atoms with Crippen molar-refractivity contribution in [3.05, 3.63) is 29.3 Å². The minimum Gasteiger partial charge on any atom is -0.323 e. The molecule has 2 rings (SSSR count). The number of anilines is 2. The average molecular weight is 210 g/mol. The summed E-state index contributed by atoms with van der Waals surface area (Å²) in [5.74, 6) is 1.33. The normalized spacial score (nSPS) is 10.1. The number of halogens is 1. The van der Waals surface area contributed by atoms with Crippen LogP contribution in [0.1, 0.15) is 5.69 Å². The van der Waals surface area contributed by atoms with Gasteiger partial charge in [-0.2, -0.15) is 5.10 Å². The molecule has 0 aromatic carbocycles. The SMILES string of the molecule is Cc1cc(Nc2cc(Cl)ncn2)n[nH]1. The molecule has 0 fully saturated rings. The monoisotopic (exact) mass is 209 g/mol. The molecule has 0 unspecified atom stereocenters. The zero-order valence-electron chi connectivity index (χ0n) is 7.45. The van der Waals surface area contributed by atoms with E-state index in [9.17, 15) is 0 Å². The molecule has 2 heterocycles. The van der Waals surface area contributed by atoms with Crippen molar-refractivity contribution >= 4 is 23.2 Å². The van der Waals surface area contributed by atoms with Gasteiger partial charge in [0.15, 0.2) is 5.82 Å². The minimum atomic E-state index is 0.398. The Morgan fingerprint density at radius 2 is 2.14 bits per heavy atom. The summed E-state index contributed by atoms with van der Waals surface area (Å²) < 4.78 is 0. The van der Waals surface area contributed by atoms with E-state index in [1.165, 1.54) is 6.33 Å². The van der Waals surface area contributed by atoms with E-state index in [2.05, 4.69) is 25.5 Å². The number of hydrogen-bond donors (Lipinski definition) is 2. The molecule has 0 bridgehead atoms. The number of nitrogens with zero attached hydrogens (tertiary/aromatic N) is 3. The number of hydrogen-bond acceptors (Lipinski definition) is 4. The fraction of sp³-hybridized carbons (Fsp3) is 0.125. The maximum Gasteiger partial charge on any atom is 0.153 e. The van der Waals surface area contributed by atoms with Gasteiger partial charge in [0.1, 0.15) is 17.3 Å². The van der Waals surface area contributed by atoms with Crippen LogP contribution in [-0.4, -0.2) is 20.2 Å². The molecule has 0 aliphatic rings. The highest BCUT2D eigenvalue weighted by Crippen LogP contribution is 2.14. The van der Waals surface area contributed by atoms with Crippen LogP contribution in [0.25, 0.3) is 0 Å². The van der Waals surface area contributed by atoms with E-state index in [4.69, 9.17) is 11.6 Å².